The number of carbonyl (C=O) groups excluding carboxylic acids is 4. The van der Waals surface area contributed by atoms with Crippen molar-refractivity contribution in [3.63, 3.8) is 0 Å². The van der Waals surface area contributed by atoms with E-state index in [0.717, 1.165) is 37.1 Å². The minimum atomic E-state index is -1.06. The molecule has 10 nitrogen and oxygen atoms in total. The minimum absolute atomic E-state index is 0.0630. The van der Waals surface area contributed by atoms with Crippen LogP contribution in [0, 0.1) is 17.8 Å². The van der Waals surface area contributed by atoms with E-state index in [0.29, 0.717) is 17.8 Å². The summed E-state index contributed by atoms with van der Waals surface area (Å²) in [5.41, 5.74) is 0.108. The molecule has 1 fully saturated rings. The van der Waals surface area contributed by atoms with Crippen LogP contribution < -0.4 is 0 Å². The molecule has 1 amide bonds. The van der Waals surface area contributed by atoms with Crippen molar-refractivity contribution in [1.29, 1.82) is 0 Å². The van der Waals surface area contributed by atoms with Crippen LogP contribution in [0.5, 0.6) is 0 Å². The molecule has 1 saturated heterocycles. The van der Waals surface area contributed by atoms with Crippen LogP contribution in [0.15, 0.2) is 5.38 Å². The largest absolute Gasteiger partial charge is 0.464 e. The van der Waals surface area contributed by atoms with E-state index in [4.69, 9.17) is 9.47 Å². The van der Waals surface area contributed by atoms with Gasteiger partial charge in [-0.2, -0.15) is 0 Å². The number of methoxy groups -OCH3 is 1. The molecule has 232 valence electrons. The molecule has 0 bridgehead atoms. The number of thiazole rings is 1. The van der Waals surface area contributed by atoms with E-state index in [9.17, 15) is 24.3 Å². The third-order valence-electron chi connectivity index (χ3n) is 8.15. The Morgan fingerprint density at radius 2 is 1.90 bits per heavy atom. The van der Waals surface area contributed by atoms with Gasteiger partial charge in [-0.25, -0.2) is 9.78 Å². The van der Waals surface area contributed by atoms with Gasteiger partial charge in [0.25, 0.3) is 0 Å². The maximum Gasteiger partial charge on any atom is 0.357 e. The second kappa shape index (κ2) is 16.9. The molecule has 0 aliphatic carbocycles. The average Bonchev–Trinajstić information content (AvgIpc) is 3.45. The first-order valence-corrected chi connectivity index (χ1v) is 15.7. The molecule has 1 N–H and O–H groups in total. The molecule has 1 aromatic heterocycles. The molecule has 1 aliphatic heterocycles. The fraction of sp³-hybridized carbons (Fsp3) is 0.767. The Morgan fingerprint density at radius 1 is 1.20 bits per heavy atom. The zero-order valence-corrected chi connectivity index (χ0v) is 26.6. The summed E-state index contributed by atoms with van der Waals surface area (Å²) in [6.07, 6.45) is 3.56. The highest BCUT2D eigenvalue weighted by molar-refractivity contribution is 7.09. The molecule has 0 spiro atoms. The molecule has 1 aromatic rings. The van der Waals surface area contributed by atoms with Gasteiger partial charge < -0.3 is 19.5 Å². The molecule has 0 saturated carbocycles. The van der Waals surface area contributed by atoms with E-state index in [1.807, 2.05) is 41.7 Å². The van der Waals surface area contributed by atoms with Gasteiger partial charge in [0.1, 0.15) is 11.1 Å². The molecule has 1 aliphatic rings. The SMILES string of the molecule is CCCC(=O)OCN(C(=O)[C@@H](CC(=O)[C@H]1CCCCN1C)[C@@H](C)CC)[C@H](C[C@@H](O)c1nc(C(=O)OC)cs1)C(C)C. The van der Waals surface area contributed by atoms with Gasteiger partial charge in [-0.1, -0.05) is 47.5 Å². The number of carbonyl (C=O) groups is 4. The van der Waals surface area contributed by atoms with Crippen molar-refractivity contribution in [2.75, 3.05) is 27.4 Å². The predicted octanol–water partition coefficient (Wildman–Crippen LogP) is 4.61. The van der Waals surface area contributed by atoms with Crippen LogP contribution in [-0.2, 0) is 23.9 Å². The number of ether oxygens (including phenoxy) is 2. The topological polar surface area (TPSA) is 126 Å². The highest BCUT2D eigenvalue weighted by Gasteiger charge is 2.38. The molecule has 0 radical (unpaired) electrons. The number of piperidine rings is 1. The van der Waals surface area contributed by atoms with Gasteiger partial charge in [0.15, 0.2) is 18.2 Å². The molecule has 11 heteroatoms. The number of aliphatic hydroxyl groups excluding tert-OH is 1. The first-order chi connectivity index (χ1) is 19.4. The zero-order valence-electron chi connectivity index (χ0n) is 25.8. The maximum absolute atomic E-state index is 14.3. The first-order valence-electron chi connectivity index (χ1n) is 14.9. The van der Waals surface area contributed by atoms with E-state index in [2.05, 4.69) is 9.88 Å². The molecule has 2 rings (SSSR count). The number of amides is 1. The number of ketones is 1. The Labute approximate surface area is 248 Å². The van der Waals surface area contributed by atoms with Crippen LogP contribution in [0.4, 0.5) is 0 Å². The summed E-state index contributed by atoms with van der Waals surface area (Å²) in [4.78, 5) is 59.9. The minimum Gasteiger partial charge on any atom is -0.464 e. The van der Waals surface area contributed by atoms with Gasteiger partial charge in [-0.3, -0.25) is 19.3 Å². The average molecular weight is 596 g/mol. The maximum atomic E-state index is 14.3. The van der Waals surface area contributed by atoms with Crippen molar-refractivity contribution in [3.8, 4) is 0 Å². The van der Waals surface area contributed by atoms with Crippen molar-refractivity contribution in [2.45, 2.75) is 104 Å². The lowest BCUT2D eigenvalue weighted by molar-refractivity contribution is -0.160. The molecular weight excluding hydrogens is 546 g/mol. The summed E-state index contributed by atoms with van der Waals surface area (Å²) in [6, 6.07) is -0.716. The Kier molecular flexibility index (Phi) is 14.4. The van der Waals surface area contributed by atoms with E-state index in [1.165, 1.54) is 17.4 Å². The Bertz CT molecular complexity index is 1010. The van der Waals surface area contributed by atoms with Crippen LogP contribution in [0.1, 0.15) is 108 Å². The van der Waals surface area contributed by atoms with Crippen LogP contribution in [-0.4, -0.2) is 83.0 Å². The zero-order chi connectivity index (χ0) is 30.7. The van der Waals surface area contributed by atoms with Crippen LogP contribution in [0.2, 0.25) is 0 Å². The molecule has 0 aromatic carbocycles. The second-order valence-corrected chi connectivity index (χ2v) is 12.4. The number of esters is 2. The number of likely N-dealkylation sites (tertiary alicyclic amines) is 1. The van der Waals surface area contributed by atoms with Crippen LogP contribution in [0.3, 0.4) is 0 Å². The summed E-state index contributed by atoms with van der Waals surface area (Å²) < 4.78 is 10.3. The summed E-state index contributed by atoms with van der Waals surface area (Å²) >= 11 is 1.14. The molecule has 41 heavy (non-hydrogen) atoms. The highest BCUT2D eigenvalue weighted by Crippen LogP contribution is 2.31. The summed E-state index contributed by atoms with van der Waals surface area (Å²) in [5, 5.41) is 13.0. The number of aromatic nitrogens is 1. The van der Waals surface area contributed by atoms with Crippen LogP contribution in [0.25, 0.3) is 0 Å². The number of nitrogens with zero attached hydrogens (tertiary/aromatic N) is 3. The van der Waals surface area contributed by atoms with Gasteiger partial charge in [0.2, 0.25) is 5.91 Å². The molecular formula is C30H49N3O7S. The van der Waals surface area contributed by atoms with Crippen LogP contribution >= 0.6 is 11.3 Å². The Hall–Kier alpha value is -2.37. The van der Waals surface area contributed by atoms with Gasteiger partial charge in [0, 0.05) is 36.6 Å². The first kappa shape index (κ1) is 34.8. The Morgan fingerprint density at radius 3 is 2.49 bits per heavy atom. The van der Waals surface area contributed by atoms with E-state index in [1.54, 1.807) is 0 Å². The molecule has 5 atom stereocenters. The second-order valence-electron chi connectivity index (χ2n) is 11.5. The highest BCUT2D eigenvalue weighted by atomic mass is 32.1. The fourth-order valence-corrected chi connectivity index (χ4v) is 6.12. The lowest BCUT2D eigenvalue weighted by atomic mass is 9.82. The number of hydrogen-bond donors (Lipinski definition) is 1. The lowest BCUT2D eigenvalue weighted by Crippen LogP contribution is -2.50. The van der Waals surface area contributed by atoms with Crippen molar-refractivity contribution in [2.24, 2.45) is 17.8 Å². The molecule has 0 unspecified atom stereocenters. The predicted molar refractivity (Wildman–Crippen MR) is 157 cm³/mol. The van der Waals surface area contributed by atoms with Crippen molar-refractivity contribution in [3.05, 3.63) is 16.1 Å². The summed E-state index contributed by atoms with van der Waals surface area (Å²) in [5.74, 6) is -1.97. The summed E-state index contributed by atoms with van der Waals surface area (Å²) in [6.45, 7) is 10.3. The monoisotopic (exact) mass is 595 g/mol. The summed E-state index contributed by atoms with van der Waals surface area (Å²) in [7, 11) is 3.22. The third kappa shape index (κ3) is 9.85. The number of Topliss-reactive ketones (excluding diaryl/α,β-unsaturated/α-hetero) is 1. The van der Waals surface area contributed by atoms with Gasteiger partial charge in [-0.15, -0.1) is 11.3 Å². The number of rotatable bonds is 16. The van der Waals surface area contributed by atoms with Crippen molar-refractivity contribution < 1.29 is 33.8 Å². The van der Waals surface area contributed by atoms with Crippen molar-refractivity contribution in [1.82, 2.24) is 14.8 Å². The van der Waals surface area contributed by atoms with Gasteiger partial charge in [-0.05, 0) is 44.7 Å². The third-order valence-corrected chi connectivity index (χ3v) is 9.10. The van der Waals surface area contributed by atoms with E-state index in [-0.39, 0.29) is 61.3 Å². The number of likely N-dealkylation sites (N-methyl/N-ethyl adjacent to an activating group) is 1. The van der Waals surface area contributed by atoms with Gasteiger partial charge >= 0.3 is 11.9 Å². The normalized spacial score (nSPS) is 18.8. The number of aliphatic hydroxyl groups is 1. The smallest absolute Gasteiger partial charge is 0.357 e. The van der Waals surface area contributed by atoms with Crippen molar-refractivity contribution >= 4 is 35.0 Å². The molecule has 2 heterocycles. The van der Waals surface area contributed by atoms with E-state index >= 15 is 0 Å². The number of hydrogen-bond acceptors (Lipinski definition) is 10. The lowest BCUT2D eigenvalue weighted by Gasteiger charge is -2.39. The quantitative estimate of drug-likeness (QED) is 0.215. The fourth-order valence-electron chi connectivity index (χ4n) is 5.33. The van der Waals surface area contributed by atoms with Gasteiger partial charge in [0.05, 0.1) is 13.2 Å². The van der Waals surface area contributed by atoms with E-state index < -0.39 is 30.0 Å². The standard InChI is InChI=1S/C30H49N3O7S/c1-8-12-27(36)40-18-33(24(19(3)4)16-26(35)28-31-22(17-41-28)30(38)39-7)29(37)21(20(5)9-2)15-25(34)23-13-10-11-14-32(23)6/h17,19-21,23-24,26,35H,8-16,18H2,1-7H3/t20-,21-,23+,24+,26+/m0/s1. The Balaban J connectivity index is 2.37.